The second kappa shape index (κ2) is 12.6. The highest BCUT2D eigenvalue weighted by Gasteiger charge is 2.32. The first-order chi connectivity index (χ1) is 21.0. The molecule has 12 heteroatoms. The van der Waals surface area contributed by atoms with Crippen molar-refractivity contribution in [2.45, 2.75) is 11.1 Å². The molecule has 1 unspecified atom stereocenters. The van der Waals surface area contributed by atoms with Crippen LogP contribution in [0.2, 0.25) is 0 Å². The van der Waals surface area contributed by atoms with Crippen LogP contribution in [0.3, 0.4) is 0 Å². The molecule has 0 amide bonds. The molecule has 3 aromatic heterocycles. The van der Waals surface area contributed by atoms with Crippen molar-refractivity contribution in [2.75, 3.05) is 6.26 Å². The van der Waals surface area contributed by atoms with Crippen LogP contribution in [0.4, 0.5) is 17.6 Å². The number of hydrogen-bond acceptors (Lipinski definition) is 5. The standard InChI is InChI=1S/C21H16FN3OS.C11H6F3NO2/c1-27(26)18-8-4-16(5-9-18)21-24-19(14-2-6-17(22)7-3-14)20(25-21)15-10-12-23-13-11-15;12-11(13,14)9-5-4-6-7(10(16)17)2-1-3-8(6)15-9/h2-13H,1H3,(H,24,25);1-5H,(H,16,17). The Morgan fingerprint density at radius 1 is 0.818 bits per heavy atom. The van der Waals surface area contributed by atoms with Gasteiger partial charge < -0.3 is 10.1 Å². The van der Waals surface area contributed by atoms with Crippen LogP contribution in [0, 0.1) is 5.82 Å². The Morgan fingerprint density at radius 2 is 1.48 bits per heavy atom. The Morgan fingerprint density at radius 3 is 2.09 bits per heavy atom. The van der Waals surface area contributed by atoms with Crippen molar-refractivity contribution in [2.24, 2.45) is 0 Å². The van der Waals surface area contributed by atoms with Gasteiger partial charge in [-0.25, -0.2) is 19.2 Å². The van der Waals surface area contributed by atoms with E-state index in [2.05, 4.69) is 15.0 Å². The largest absolute Gasteiger partial charge is 0.478 e. The van der Waals surface area contributed by atoms with Gasteiger partial charge in [-0.05, 0) is 72.8 Å². The lowest BCUT2D eigenvalue weighted by Gasteiger charge is -2.07. The molecule has 44 heavy (non-hydrogen) atoms. The molecule has 2 N–H and O–H groups in total. The third-order valence-electron chi connectivity index (χ3n) is 6.50. The number of aromatic nitrogens is 4. The average Bonchev–Trinajstić information content (AvgIpc) is 3.47. The number of aromatic carboxylic acids is 1. The summed E-state index contributed by atoms with van der Waals surface area (Å²) in [5.41, 5.74) is 3.12. The average molecular weight is 619 g/mol. The predicted molar refractivity (Wildman–Crippen MR) is 159 cm³/mol. The first-order valence-electron chi connectivity index (χ1n) is 12.9. The van der Waals surface area contributed by atoms with E-state index >= 15 is 0 Å². The van der Waals surface area contributed by atoms with Gasteiger partial charge in [0, 0.05) is 56.4 Å². The molecule has 1 atom stereocenters. The fraction of sp³-hybridized carbons (Fsp3) is 0.0625. The van der Waals surface area contributed by atoms with Crippen molar-refractivity contribution in [3.8, 4) is 33.9 Å². The van der Waals surface area contributed by atoms with Crippen molar-refractivity contribution in [1.29, 1.82) is 0 Å². The van der Waals surface area contributed by atoms with Crippen LogP contribution in [-0.4, -0.2) is 41.5 Å². The molecule has 0 aliphatic heterocycles. The zero-order chi connectivity index (χ0) is 31.4. The second-order valence-electron chi connectivity index (χ2n) is 9.40. The van der Waals surface area contributed by atoms with E-state index in [4.69, 9.17) is 10.1 Å². The molecule has 3 heterocycles. The van der Waals surface area contributed by atoms with Gasteiger partial charge in [-0.1, -0.05) is 18.2 Å². The molecule has 3 aromatic carbocycles. The Kier molecular flexibility index (Phi) is 8.63. The minimum absolute atomic E-state index is 0.0136. The van der Waals surface area contributed by atoms with Gasteiger partial charge in [-0.15, -0.1) is 0 Å². The summed E-state index contributed by atoms with van der Waals surface area (Å²) in [5, 5.41) is 9.05. The molecule has 7 nitrogen and oxygen atoms in total. The van der Waals surface area contributed by atoms with E-state index in [1.54, 1.807) is 30.8 Å². The smallest absolute Gasteiger partial charge is 0.433 e. The third kappa shape index (κ3) is 6.70. The maximum absolute atomic E-state index is 13.3. The summed E-state index contributed by atoms with van der Waals surface area (Å²) in [6.07, 6.45) is 0.550. The van der Waals surface area contributed by atoms with Gasteiger partial charge in [0.2, 0.25) is 0 Å². The number of halogens is 4. The molecule has 0 spiro atoms. The Balaban J connectivity index is 0.000000195. The number of nitrogens with zero attached hydrogens (tertiary/aromatic N) is 3. The lowest BCUT2D eigenvalue weighted by atomic mass is 10.1. The number of aromatic amines is 1. The first kappa shape index (κ1) is 30.2. The van der Waals surface area contributed by atoms with Crippen LogP contribution in [0.1, 0.15) is 16.1 Å². The van der Waals surface area contributed by atoms with Crippen molar-refractivity contribution >= 4 is 27.7 Å². The number of carboxylic acid groups (broad SMARTS) is 1. The molecule has 0 bridgehead atoms. The first-order valence-corrected chi connectivity index (χ1v) is 14.5. The summed E-state index contributed by atoms with van der Waals surface area (Å²) >= 11 is 0. The Bertz CT molecular complexity index is 1960. The van der Waals surface area contributed by atoms with E-state index in [1.165, 1.54) is 30.3 Å². The minimum Gasteiger partial charge on any atom is -0.478 e. The second-order valence-corrected chi connectivity index (χ2v) is 10.8. The maximum atomic E-state index is 13.3. The summed E-state index contributed by atoms with van der Waals surface area (Å²) in [6, 6.07) is 23.4. The molecule has 0 aliphatic rings. The van der Waals surface area contributed by atoms with E-state index in [0.29, 0.717) is 5.82 Å². The Hall–Kier alpha value is -5.23. The topological polar surface area (TPSA) is 109 Å². The van der Waals surface area contributed by atoms with Gasteiger partial charge in [-0.3, -0.25) is 9.19 Å². The number of pyridine rings is 2. The highest BCUT2D eigenvalue weighted by Crippen LogP contribution is 2.33. The zero-order valence-corrected chi connectivity index (χ0v) is 23.7. The van der Waals surface area contributed by atoms with E-state index in [1.807, 2.05) is 36.4 Å². The van der Waals surface area contributed by atoms with Crippen molar-refractivity contribution in [3.05, 3.63) is 120 Å². The van der Waals surface area contributed by atoms with Gasteiger partial charge in [0.15, 0.2) is 0 Å². The molecule has 0 radical (unpaired) electrons. The molecule has 0 fully saturated rings. The quantitative estimate of drug-likeness (QED) is 0.192. The fourth-order valence-electron chi connectivity index (χ4n) is 4.36. The summed E-state index contributed by atoms with van der Waals surface area (Å²) in [4.78, 5) is 27.2. The number of alkyl halides is 3. The molecule has 0 saturated heterocycles. The van der Waals surface area contributed by atoms with Gasteiger partial charge in [-0.2, -0.15) is 13.2 Å². The SMILES string of the molecule is CS(=O)c1ccc(-c2nc(-c3ccc(F)cc3)c(-c3ccncc3)[nH]2)cc1.O=C(O)c1cccc2nc(C(F)(F)F)ccc12. The number of benzene rings is 3. The molecule has 0 aliphatic carbocycles. The summed E-state index contributed by atoms with van der Waals surface area (Å²) in [5.74, 6) is -0.796. The number of H-pyrrole nitrogens is 1. The fourth-order valence-corrected chi connectivity index (χ4v) is 4.88. The predicted octanol–water partition coefficient (Wildman–Crippen LogP) is 7.63. The summed E-state index contributed by atoms with van der Waals surface area (Å²) < 4.78 is 62.1. The van der Waals surface area contributed by atoms with E-state index in [9.17, 15) is 26.6 Å². The van der Waals surface area contributed by atoms with Crippen molar-refractivity contribution in [3.63, 3.8) is 0 Å². The third-order valence-corrected chi connectivity index (χ3v) is 7.44. The number of imidazole rings is 1. The van der Waals surface area contributed by atoms with Crippen LogP contribution >= 0.6 is 0 Å². The van der Waals surface area contributed by atoms with Crippen LogP contribution in [0.5, 0.6) is 0 Å². The lowest BCUT2D eigenvalue weighted by molar-refractivity contribution is -0.140. The number of fused-ring (bicyclic) bond motifs is 1. The van der Waals surface area contributed by atoms with Crippen molar-refractivity contribution < 1.29 is 31.7 Å². The molecular weight excluding hydrogens is 596 g/mol. The van der Waals surface area contributed by atoms with Gasteiger partial charge in [0.1, 0.15) is 17.3 Å². The minimum atomic E-state index is -4.53. The lowest BCUT2D eigenvalue weighted by Crippen LogP contribution is -2.08. The number of carboxylic acids is 1. The number of rotatable bonds is 5. The number of hydrogen-bond donors (Lipinski definition) is 2. The van der Waals surface area contributed by atoms with Crippen molar-refractivity contribution in [1.82, 2.24) is 19.9 Å². The molecular formula is C32H22F4N4O3S. The zero-order valence-electron chi connectivity index (χ0n) is 22.8. The number of nitrogens with one attached hydrogen (secondary N) is 1. The Labute approximate surface area is 250 Å². The summed E-state index contributed by atoms with van der Waals surface area (Å²) in [6.45, 7) is 0. The van der Waals surface area contributed by atoms with E-state index in [-0.39, 0.29) is 22.3 Å². The molecule has 6 aromatic rings. The van der Waals surface area contributed by atoms with Gasteiger partial charge >= 0.3 is 12.1 Å². The van der Waals surface area contributed by atoms with Crippen LogP contribution < -0.4 is 0 Å². The maximum Gasteiger partial charge on any atom is 0.433 e. The number of carbonyl (C=O) groups is 1. The van der Waals surface area contributed by atoms with Crippen LogP contribution in [-0.2, 0) is 17.0 Å². The van der Waals surface area contributed by atoms with E-state index in [0.717, 1.165) is 45.1 Å². The van der Waals surface area contributed by atoms with Crippen LogP contribution in [0.15, 0.2) is 108 Å². The highest BCUT2D eigenvalue weighted by atomic mass is 32.2. The monoisotopic (exact) mass is 618 g/mol. The molecule has 0 saturated carbocycles. The van der Waals surface area contributed by atoms with Gasteiger partial charge in [0.05, 0.1) is 22.5 Å². The van der Waals surface area contributed by atoms with Gasteiger partial charge in [0.25, 0.3) is 0 Å². The molecule has 222 valence electrons. The normalized spacial score (nSPS) is 11.9. The van der Waals surface area contributed by atoms with Crippen LogP contribution in [0.25, 0.3) is 44.8 Å². The highest BCUT2D eigenvalue weighted by molar-refractivity contribution is 7.84. The van der Waals surface area contributed by atoms with E-state index < -0.39 is 28.6 Å². The molecule has 6 rings (SSSR count). The summed E-state index contributed by atoms with van der Waals surface area (Å²) in [7, 11) is -1.03.